The van der Waals surface area contributed by atoms with Gasteiger partial charge in [0.15, 0.2) is 0 Å². The number of nitrogens with one attached hydrogen (secondary N) is 1. The molecule has 0 aliphatic rings. The lowest BCUT2D eigenvalue weighted by molar-refractivity contribution is 0.0953. The van der Waals surface area contributed by atoms with Gasteiger partial charge in [-0.1, -0.05) is 43.5 Å². The molecule has 0 radical (unpaired) electrons. The Hall–Kier alpha value is -3.38. The first-order valence-electron chi connectivity index (χ1n) is 10.6. The van der Waals surface area contributed by atoms with Crippen molar-refractivity contribution in [2.45, 2.75) is 32.7 Å². The zero-order valence-electron chi connectivity index (χ0n) is 18.0. The van der Waals surface area contributed by atoms with Crippen molar-refractivity contribution in [1.82, 2.24) is 9.99 Å². The van der Waals surface area contributed by atoms with E-state index in [4.69, 9.17) is 16.3 Å². The Morgan fingerprint density at radius 2 is 1.84 bits per heavy atom. The number of aromatic nitrogens is 1. The first-order valence-corrected chi connectivity index (χ1v) is 10.9. The molecule has 1 amide bonds. The average Bonchev–Trinajstić information content (AvgIpc) is 2.80. The highest BCUT2D eigenvalue weighted by molar-refractivity contribution is 6.30. The largest absolute Gasteiger partial charge is 0.494 e. The molecule has 166 valence electrons. The summed E-state index contributed by atoms with van der Waals surface area (Å²) in [5.74, 6) is 0.236. The minimum Gasteiger partial charge on any atom is -0.494 e. The van der Waals surface area contributed by atoms with E-state index in [0.29, 0.717) is 18.2 Å². The molecule has 0 spiro atoms. The van der Waals surface area contributed by atoms with E-state index in [9.17, 15) is 9.59 Å². The predicted molar refractivity (Wildman–Crippen MR) is 128 cm³/mol. The van der Waals surface area contributed by atoms with Crippen molar-refractivity contribution in [2.75, 3.05) is 6.61 Å². The van der Waals surface area contributed by atoms with E-state index in [1.54, 1.807) is 24.4 Å². The lowest BCUT2D eigenvalue weighted by Gasteiger charge is -2.08. The molecule has 0 aliphatic carbocycles. The van der Waals surface area contributed by atoms with Gasteiger partial charge in [-0.15, -0.1) is 0 Å². The van der Waals surface area contributed by atoms with Crippen LogP contribution in [0.5, 0.6) is 5.75 Å². The highest BCUT2D eigenvalue weighted by atomic mass is 35.5. The second kappa shape index (κ2) is 11.9. The van der Waals surface area contributed by atoms with Crippen LogP contribution in [-0.4, -0.2) is 23.3 Å². The summed E-state index contributed by atoms with van der Waals surface area (Å²) < 4.78 is 7.15. The second-order valence-corrected chi connectivity index (χ2v) is 7.74. The molecule has 3 aromatic rings. The summed E-state index contributed by atoms with van der Waals surface area (Å²) in [6.07, 6.45) is 6.51. The third-order valence-electron chi connectivity index (χ3n) is 4.81. The Kier molecular flexibility index (Phi) is 8.63. The van der Waals surface area contributed by atoms with Gasteiger partial charge in [0.2, 0.25) is 0 Å². The van der Waals surface area contributed by atoms with Crippen molar-refractivity contribution in [2.24, 2.45) is 5.10 Å². The number of unbranched alkanes of at least 4 members (excludes halogenated alkanes) is 2. The van der Waals surface area contributed by atoms with E-state index < -0.39 is 5.91 Å². The molecule has 0 atom stereocenters. The number of pyridine rings is 1. The first-order chi connectivity index (χ1) is 15.6. The number of nitrogens with zero attached hydrogens (tertiary/aromatic N) is 2. The van der Waals surface area contributed by atoms with Gasteiger partial charge in [-0.25, -0.2) is 5.43 Å². The highest BCUT2D eigenvalue weighted by Crippen LogP contribution is 2.12. The number of hydrogen-bond donors (Lipinski definition) is 1. The second-order valence-electron chi connectivity index (χ2n) is 7.31. The predicted octanol–water partition coefficient (Wildman–Crippen LogP) is 4.88. The van der Waals surface area contributed by atoms with Gasteiger partial charge in [-0.2, -0.15) is 5.10 Å². The molecule has 1 heterocycles. The van der Waals surface area contributed by atoms with Gasteiger partial charge >= 0.3 is 0 Å². The zero-order valence-corrected chi connectivity index (χ0v) is 18.7. The van der Waals surface area contributed by atoms with Gasteiger partial charge < -0.3 is 9.30 Å². The molecule has 1 N–H and O–H groups in total. The number of hydrazone groups is 1. The molecular weight excluding hydrogens is 426 g/mol. The van der Waals surface area contributed by atoms with Crippen LogP contribution in [0.2, 0.25) is 5.02 Å². The summed E-state index contributed by atoms with van der Waals surface area (Å²) in [5, 5.41) is 4.60. The van der Waals surface area contributed by atoms with Crippen LogP contribution in [0.1, 0.15) is 47.7 Å². The number of benzene rings is 2. The van der Waals surface area contributed by atoms with Crippen molar-refractivity contribution >= 4 is 23.7 Å². The Balaban J connectivity index is 1.58. The third-order valence-corrected chi connectivity index (χ3v) is 5.06. The van der Waals surface area contributed by atoms with E-state index >= 15 is 0 Å². The summed E-state index contributed by atoms with van der Waals surface area (Å²) in [6.45, 7) is 3.19. The Morgan fingerprint density at radius 3 is 2.56 bits per heavy atom. The van der Waals surface area contributed by atoms with Crippen molar-refractivity contribution in [3.63, 3.8) is 0 Å². The molecule has 0 aliphatic heterocycles. The van der Waals surface area contributed by atoms with E-state index in [1.807, 2.05) is 36.4 Å². The first kappa shape index (κ1) is 23.3. The Bertz CT molecular complexity index is 1110. The maximum Gasteiger partial charge on any atom is 0.276 e. The number of hydrogen-bond acceptors (Lipinski definition) is 4. The van der Waals surface area contributed by atoms with E-state index in [1.165, 1.54) is 16.8 Å². The molecule has 3 rings (SSSR count). The molecule has 2 aromatic carbocycles. The summed E-state index contributed by atoms with van der Waals surface area (Å²) in [4.78, 5) is 25.1. The Labute approximate surface area is 192 Å². The van der Waals surface area contributed by atoms with Crippen molar-refractivity contribution in [1.29, 1.82) is 0 Å². The van der Waals surface area contributed by atoms with Crippen LogP contribution in [0, 0.1) is 0 Å². The fraction of sp³-hybridized carbons (Fsp3) is 0.240. The van der Waals surface area contributed by atoms with Crippen LogP contribution < -0.4 is 15.7 Å². The van der Waals surface area contributed by atoms with Crippen molar-refractivity contribution in [3.8, 4) is 5.75 Å². The SMILES string of the molecule is CCCCCOc1ccc(/C=N\NC(=O)c2cccn(Cc3ccc(Cl)cc3)c2=O)cc1. The number of carbonyl (C=O) groups is 1. The number of amides is 1. The monoisotopic (exact) mass is 451 g/mol. The summed E-state index contributed by atoms with van der Waals surface area (Å²) in [6, 6.07) is 17.8. The van der Waals surface area contributed by atoms with Gasteiger partial charge in [-0.3, -0.25) is 9.59 Å². The molecule has 0 unspecified atom stereocenters. The van der Waals surface area contributed by atoms with Crippen LogP contribution >= 0.6 is 11.6 Å². The number of carbonyl (C=O) groups excluding carboxylic acids is 1. The quantitative estimate of drug-likeness (QED) is 0.271. The van der Waals surface area contributed by atoms with Crippen LogP contribution in [0.3, 0.4) is 0 Å². The molecule has 0 saturated carbocycles. The number of rotatable bonds is 10. The van der Waals surface area contributed by atoms with E-state index in [-0.39, 0.29) is 11.1 Å². The molecule has 32 heavy (non-hydrogen) atoms. The van der Waals surface area contributed by atoms with Gasteiger partial charge in [-0.05, 0) is 66.1 Å². The maximum atomic E-state index is 12.7. The van der Waals surface area contributed by atoms with Crippen molar-refractivity contribution < 1.29 is 9.53 Å². The molecule has 0 bridgehead atoms. The molecule has 1 aromatic heterocycles. The average molecular weight is 452 g/mol. The van der Waals surface area contributed by atoms with Crippen LogP contribution in [0.25, 0.3) is 0 Å². The zero-order chi connectivity index (χ0) is 22.8. The minimum atomic E-state index is -0.562. The fourth-order valence-corrected chi connectivity index (χ4v) is 3.16. The smallest absolute Gasteiger partial charge is 0.276 e. The van der Waals surface area contributed by atoms with Crippen LogP contribution in [-0.2, 0) is 6.54 Å². The van der Waals surface area contributed by atoms with Crippen LogP contribution in [0.4, 0.5) is 0 Å². The molecule has 6 nitrogen and oxygen atoms in total. The Morgan fingerprint density at radius 1 is 1.09 bits per heavy atom. The van der Waals surface area contributed by atoms with Crippen molar-refractivity contribution in [3.05, 3.63) is 98.9 Å². The molecule has 7 heteroatoms. The van der Waals surface area contributed by atoms with E-state index in [2.05, 4.69) is 17.5 Å². The van der Waals surface area contributed by atoms with Gasteiger partial charge in [0.05, 0.1) is 19.4 Å². The standard InChI is InChI=1S/C25H26ClN3O3/c1-2-3-4-16-32-22-13-9-19(10-14-22)17-27-28-24(30)23-6-5-15-29(25(23)31)18-20-7-11-21(26)12-8-20/h5-15,17H,2-4,16,18H2,1H3,(H,28,30)/b27-17-. The summed E-state index contributed by atoms with van der Waals surface area (Å²) in [7, 11) is 0. The third kappa shape index (κ3) is 6.82. The highest BCUT2D eigenvalue weighted by Gasteiger charge is 2.11. The van der Waals surface area contributed by atoms with Gasteiger partial charge in [0.25, 0.3) is 11.5 Å². The number of ether oxygens (including phenoxy) is 1. The summed E-state index contributed by atoms with van der Waals surface area (Å²) in [5.41, 5.74) is 3.76. The topological polar surface area (TPSA) is 72.7 Å². The summed E-state index contributed by atoms with van der Waals surface area (Å²) >= 11 is 5.90. The fourth-order valence-electron chi connectivity index (χ4n) is 3.04. The molecule has 0 fully saturated rings. The van der Waals surface area contributed by atoms with E-state index in [0.717, 1.165) is 36.1 Å². The number of halogens is 1. The van der Waals surface area contributed by atoms with Gasteiger partial charge in [0, 0.05) is 11.2 Å². The normalized spacial score (nSPS) is 10.9. The lowest BCUT2D eigenvalue weighted by Crippen LogP contribution is -2.30. The molecular formula is C25H26ClN3O3. The lowest BCUT2D eigenvalue weighted by atomic mass is 10.2. The van der Waals surface area contributed by atoms with Gasteiger partial charge in [0.1, 0.15) is 11.3 Å². The maximum absolute atomic E-state index is 12.7. The minimum absolute atomic E-state index is 0.0226. The van der Waals surface area contributed by atoms with Crippen LogP contribution in [0.15, 0.2) is 76.8 Å². The molecule has 0 saturated heterocycles.